The number of imide groups is 1. The number of thioether (sulfide) groups is 1. The molecule has 1 heterocycles. The lowest BCUT2D eigenvalue weighted by Crippen LogP contribution is -2.31. The number of hydrogen-bond acceptors (Lipinski definition) is 5. The first kappa shape index (κ1) is 21.5. The van der Waals surface area contributed by atoms with Crippen LogP contribution in [0.5, 0.6) is 0 Å². The zero-order valence-corrected chi connectivity index (χ0v) is 18.4. The zero-order chi connectivity index (χ0) is 22.8. The fraction of sp³-hybridized carbons (Fsp3) is 0.120. The molecular formula is C25H20N2O4S. The van der Waals surface area contributed by atoms with Gasteiger partial charge in [-0.25, -0.2) is 4.90 Å². The fourth-order valence-electron chi connectivity index (χ4n) is 3.48. The molecule has 1 aliphatic heterocycles. The average molecular weight is 445 g/mol. The van der Waals surface area contributed by atoms with Crippen molar-refractivity contribution in [2.24, 2.45) is 0 Å². The van der Waals surface area contributed by atoms with Crippen LogP contribution in [-0.2, 0) is 15.3 Å². The first-order valence-electron chi connectivity index (χ1n) is 9.98. The van der Waals surface area contributed by atoms with E-state index in [0.717, 1.165) is 16.7 Å². The van der Waals surface area contributed by atoms with Crippen molar-refractivity contribution in [3.63, 3.8) is 0 Å². The maximum atomic E-state index is 13.5. The molecule has 0 N–H and O–H groups in total. The molecular weight excluding hydrogens is 424 g/mol. The summed E-state index contributed by atoms with van der Waals surface area (Å²) in [5, 5.41) is 11.0. The van der Waals surface area contributed by atoms with Crippen molar-refractivity contribution < 1.29 is 14.5 Å². The molecule has 0 fully saturated rings. The number of nitrogens with zero attached hydrogens (tertiary/aromatic N) is 2. The minimum absolute atomic E-state index is 0.0735. The molecule has 0 radical (unpaired) electrons. The molecule has 160 valence electrons. The van der Waals surface area contributed by atoms with Crippen molar-refractivity contribution in [1.82, 2.24) is 0 Å². The largest absolute Gasteiger partial charge is 0.272 e. The number of carbonyl (C=O) groups excluding carboxylic acids is 2. The number of benzene rings is 3. The molecule has 1 aliphatic rings. The Morgan fingerprint density at radius 1 is 0.875 bits per heavy atom. The lowest BCUT2D eigenvalue weighted by molar-refractivity contribution is -0.384. The second kappa shape index (κ2) is 8.80. The van der Waals surface area contributed by atoms with E-state index < -0.39 is 10.8 Å². The Morgan fingerprint density at radius 2 is 1.56 bits per heavy atom. The predicted octanol–water partition coefficient (Wildman–Crippen LogP) is 5.43. The quantitative estimate of drug-likeness (QED) is 0.288. The third-order valence-electron chi connectivity index (χ3n) is 5.38. The average Bonchev–Trinajstić information content (AvgIpc) is 3.04. The van der Waals surface area contributed by atoms with E-state index in [1.54, 1.807) is 6.07 Å². The number of amides is 2. The third-order valence-corrected chi connectivity index (χ3v) is 6.53. The molecule has 4 rings (SSSR count). The van der Waals surface area contributed by atoms with Gasteiger partial charge in [0.2, 0.25) is 0 Å². The molecule has 3 aromatic carbocycles. The molecule has 0 bridgehead atoms. The van der Waals surface area contributed by atoms with Crippen LogP contribution >= 0.6 is 11.8 Å². The minimum Gasteiger partial charge on any atom is -0.268 e. The summed E-state index contributed by atoms with van der Waals surface area (Å²) in [6.07, 6.45) is 0. The van der Waals surface area contributed by atoms with Crippen LogP contribution in [0.25, 0.3) is 5.57 Å². The monoisotopic (exact) mass is 444 g/mol. The molecule has 3 aromatic rings. The predicted molar refractivity (Wildman–Crippen MR) is 126 cm³/mol. The van der Waals surface area contributed by atoms with Gasteiger partial charge in [0.15, 0.2) is 0 Å². The highest BCUT2D eigenvalue weighted by Crippen LogP contribution is 2.40. The van der Waals surface area contributed by atoms with Crippen molar-refractivity contribution in [2.75, 3.05) is 4.90 Å². The molecule has 0 aromatic heterocycles. The van der Waals surface area contributed by atoms with Crippen LogP contribution in [0.3, 0.4) is 0 Å². The standard InChI is InChI=1S/C25H20N2O4S/c1-16-8-11-21(14-17(16)2)26-24(28)22(19-9-12-20(13-10-19)27(30)31)23(25(26)29)32-15-18-6-4-3-5-7-18/h3-14H,15H2,1-2H3. The maximum absolute atomic E-state index is 13.5. The molecule has 0 unspecified atom stereocenters. The second-order valence-electron chi connectivity index (χ2n) is 7.50. The van der Waals surface area contributed by atoms with E-state index >= 15 is 0 Å². The van der Waals surface area contributed by atoms with E-state index in [2.05, 4.69) is 0 Å². The Morgan fingerprint density at radius 3 is 2.19 bits per heavy atom. The summed E-state index contributed by atoms with van der Waals surface area (Å²) in [6, 6.07) is 20.9. The molecule has 0 atom stereocenters. The lowest BCUT2D eigenvalue weighted by Gasteiger charge is -2.16. The molecule has 32 heavy (non-hydrogen) atoms. The molecule has 7 heteroatoms. The number of hydrogen-bond donors (Lipinski definition) is 0. The lowest BCUT2D eigenvalue weighted by atomic mass is 10.1. The summed E-state index contributed by atoms with van der Waals surface area (Å²) in [5.74, 6) is -0.290. The van der Waals surface area contributed by atoms with Gasteiger partial charge >= 0.3 is 0 Å². The van der Waals surface area contributed by atoms with Crippen LogP contribution in [0.1, 0.15) is 22.3 Å². The van der Waals surface area contributed by atoms with Gasteiger partial charge < -0.3 is 0 Å². The number of nitro groups is 1. The van der Waals surface area contributed by atoms with E-state index in [4.69, 9.17) is 0 Å². The third kappa shape index (κ3) is 4.07. The Bertz CT molecular complexity index is 1250. The Kier molecular flexibility index (Phi) is 5.92. The first-order valence-corrected chi connectivity index (χ1v) is 11.0. The molecule has 6 nitrogen and oxygen atoms in total. The summed E-state index contributed by atoms with van der Waals surface area (Å²) in [4.78, 5) is 38.9. The van der Waals surface area contributed by atoms with Crippen LogP contribution in [0.2, 0.25) is 0 Å². The Labute approximate surface area is 189 Å². The molecule has 0 saturated carbocycles. The highest BCUT2D eigenvalue weighted by atomic mass is 32.2. The van der Waals surface area contributed by atoms with E-state index in [1.165, 1.54) is 40.9 Å². The topological polar surface area (TPSA) is 80.5 Å². The number of carbonyl (C=O) groups is 2. The van der Waals surface area contributed by atoms with Gasteiger partial charge in [-0.05, 0) is 60.4 Å². The van der Waals surface area contributed by atoms with Crippen molar-refractivity contribution in [2.45, 2.75) is 19.6 Å². The number of anilines is 1. The van der Waals surface area contributed by atoms with Crippen LogP contribution in [-0.4, -0.2) is 16.7 Å². The number of nitro benzene ring substituents is 1. The first-order chi connectivity index (χ1) is 15.4. The van der Waals surface area contributed by atoms with E-state index in [1.807, 2.05) is 56.3 Å². The Balaban J connectivity index is 1.76. The van der Waals surface area contributed by atoms with Gasteiger partial charge in [-0.2, -0.15) is 0 Å². The van der Waals surface area contributed by atoms with Crippen molar-refractivity contribution in [1.29, 1.82) is 0 Å². The normalized spacial score (nSPS) is 13.8. The number of aryl methyl sites for hydroxylation is 2. The summed E-state index contributed by atoms with van der Waals surface area (Å²) in [5.41, 5.74) is 4.26. The Hall–Kier alpha value is -3.71. The minimum atomic E-state index is -0.494. The van der Waals surface area contributed by atoms with Gasteiger partial charge in [0, 0.05) is 17.9 Å². The highest BCUT2D eigenvalue weighted by molar-refractivity contribution is 8.03. The summed E-state index contributed by atoms with van der Waals surface area (Å²) >= 11 is 1.30. The van der Waals surface area contributed by atoms with E-state index in [9.17, 15) is 19.7 Å². The summed E-state index contributed by atoms with van der Waals surface area (Å²) in [7, 11) is 0. The zero-order valence-electron chi connectivity index (χ0n) is 17.6. The summed E-state index contributed by atoms with van der Waals surface area (Å²) in [6.45, 7) is 3.90. The fourth-order valence-corrected chi connectivity index (χ4v) is 4.54. The SMILES string of the molecule is Cc1ccc(N2C(=O)C(SCc3ccccc3)=C(c3ccc([N+](=O)[O-])cc3)C2=O)cc1C. The number of rotatable bonds is 6. The van der Waals surface area contributed by atoms with Crippen molar-refractivity contribution >= 4 is 40.5 Å². The van der Waals surface area contributed by atoms with Crippen LogP contribution in [0.4, 0.5) is 11.4 Å². The maximum Gasteiger partial charge on any atom is 0.272 e. The highest BCUT2D eigenvalue weighted by Gasteiger charge is 2.40. The van der Waals surface area contributed by atoms with E-state index in [0.29, 0.717) is 21.9 Å². The van der Waals surface area contributed by atoms with Gasteiger partial charge in [0.25, 0.3) is 17.5 Å². The smallest absolute Gasteiger partial charge is 0.268 e. The molecule has 2 amide bonds. The van der Waals surface area contributed by atoms with Crippen LogP contribution in [0, 0.1) is 24.0 Å². The van der Waals surface area contributed by atoms with Crippen molar-refractivity contribution in [3.05, 3.63) is 110 Å². The number of non-ortho nitro benzene ring substituents is 1. The van der Waals surface area contributed by atoms with Gasteiger partial charge in [-0.1, -0.05) is 36.4 Å². The van der Waals surface area contributed by atoms with Crippen LogP contribution in [0.15, 0.2) is 77.7 Å². The van der Waals surface area contributed by atoms with Gasteiger partial charge in [-0.3, -0.25) is 19.7 Å². The van der Waals surface area contributed by atoms with Crippen LogP contribution < -0.4 is 4.90 Å². The molecule has 0 saturated heterocycles. The molecule has 0 spiro atoms. The van der Waals surface area contributed by atoms with Gasteiger partial charge in [0.1, 0.15) is 0 Å². The van der Waals surface area contributed by atoms with Crippen molar-refractivity contribution in [3.8, 4) is 0 Å². The second-order valence-corrected chi connectivity index (χ2v) is 8.48. The summed E-state index contributed by atoms with van der Waals surface area (Å²) < 4.78 is 0. The van der Waals surface area contributed by atoms with Gasteiger partial charge in [-0.15, -0.1) is 11.8 Å². The van der Waals surface area contributed by atoms with E-state index in [-0.39, 0.29) is 17.2 Å². The van der Waals surface area contributed by atoms with Gasteiger partial charge in [0.05, 0.1) is 21.1 Å². The molecule has 0 aliphatic carbocycles.